The minimum Gasteiger partial charge on any atom is -0.484 e. The minimum absolute atomic E-state index is 0.0794. The van der Waals surface area contributed by atoms with Crippen LogP contribution in [0.15, 0.2) is 22.7 Å². The number of para-hydroxylation sites is 1. The first-order chi connectivity index (χ1) is 9.04. The van der Waals surface area contributed by atoms with Crippen molar-refractivity contribution in [3.05, 3.63) is 45.4 Å². The van der Waals surface area contributed by atoms with E-state index in [9.17, 15) is 9.50 Å². The number of aliphatic hydroxyl groups is 1. The lowest BCUT2D eigenvalue weighted by atomic mass is 10.2. The fourth-order valence-corrected chi connectivity index (χ4v) is 2.27. The zero-order valence-corrected chi connectivity index (χ0v) is 12.2. The number of nitrogens with zero attached hydrogens (tertiary/aromatic N) is 2. The van der Waals surface area contributed by atoms with Crippen LogP contribution in [0.3, 0.4) is 0 Å². The molecular weight excluding hydrogens is 315 g/mol. The lowest BCUT2D eigenvalue weighted by Crippen LogP contribution is -2.06. The standard InChI is InChI=1S/C13H14BrFN2O2/c1-8-12(14)11(17(2)16-8)7-19-13-9(6-18)4-3-5-10(13)15/h3-5,18H,6-7H2,1-2H3. The molecule has 1 heterocycles. The number of aliphatic hydroxyl groups excluding tert-OH is 1. The molecule has 102 valence electrons. The van der Waals surface area contributed by atoms with E-state index in [2.05, 4.69) is 21.0 Å². The quantitative estimate of drug-likeness (QED) is 0.938. The van der Waals surface area contributed by atoms with Crippen LogP contribution in [0.2, 0.25) is 0 Å². The second-order valence-electron chi connectivity index (χ2n) is 4.14. The zero-order chi connectivity index (χ0) is 14.0. The molecule has 2 aromatic rings. The van der Waals surface area contributed by atoms with E-state index in [1.807, 2.05) is 6.92 Å². The molecule has 1 aromatic carbocycles. The van der Waals surface area contributed by atoms with Crippen molar-refractivity contribution in [1.82, 2.24) is 9.78 Å². The van der Waals surface area contributed by atoms with Gasteiger partial charge in [-0.05, 0) is 28.9 Å². The second kappa shape index (κ2) is 5.71. The molecule has 0 amide bonds. The van der Waals surface area contributed by atoms with Crippen molar-refractivity contribution in [2.45, 2.75) is 20.1 Å². The van der Waals surface area contributed by atoms with Gasteiger partial charge in [0.05, 0.1) is 22.5 Å². The van der Waals surface area contributed by atoms with Gasteiger partial charge in [-0.3, -0.25) is 4.68 Å². The highest BCUT2D eigenvalue weighted by Crippen LogP contribution is 2.26. The molecule has 1 N–H and O–H groups in total. The zero-order valence-electron chi connectivity index (χ0n) is 10.7. The Balaban J connectivity index is 2.24. The maximum atomic E-state index is 13.7. The molecule has 0 aliphatic heterocycles. The highest BCUT2D eigenvalue weighted by atomic mass is 79.9. The first-order valence-corrected chi connectivity index (χ1v) is 6.53. The average molecular weight is 329 g/mol. The Hall–Kier alpha value is -1.40. The van der Waals surface area contributed by atoms with E-state index in [1.165, 1.54) is 12.1 Å². The summed E-state index contributed by atoms with van der Waals surface area (Å²) < 4.78 is 21.7. The molecule has 19 heavy (non-hydrogen) atoms. The summed E-state index contributed by atoms with van der Waals surface area (Å²) in [5.41, 5.74) is 2.08. The molecule has 0 saturated carbocycles. The number of aromatic nitrogens is 2. The van der Waals surface area contributed by atoms with Crippen LogP contribution in [0.4, 0.5) is 4.39 Å². The van der Waals surface area contributed by atoms with Crippen molar-refractivity contribution < 1.29 is 14.2 Å². The van der Waals surface area contributed by atoms with Crippen LogP contribution in [-0.4, -0.2) is 14.9 Å². The van der Waals surface area contributed by atoms with E-state index in [0.717, 1.165) is 15.9 Å². The first-order valence-electron chi connectivity index (χ1n) is 5.73. The molecule has 0 fully saturated rings. The average Bonchev–Trinajstić information content (AvgIpc) is 2.62. The van der Waals surface area contributed by atoms with Crippen molar-refractivity contribution in [3.8, 4) is 5.75 Å². The summed E-state index contributed by atoms with van der Waals surface area (Å²) in [6.45, 7) is 1.78. The summed E-state index contributed by atoms with van der Waals surface area (Å²) in [4.78, 5) is 0. The van der Waals surface area contributed by atoms with Gasteiger partial charge in [0.2, 0.25) is 0 Å². The molecule has 0 atom stereocenters. The Morgan fingerprint density at radius 1 is 1.47 bits per heavy atom. The number of hydrogen-bond acceptors (Lipinski definition) is 3. The topological polar surface area (TPSA) is 47.3 Å². The fraction of sp³-hybridized carbons (Fsp3) is 0.308. The monoisotopic (exact) mass is 328 g/mol. The lowest BCUT2D eigenvalue weighted by Gasteiger charge is -2.11. The van der Waals surface area contributed by atoms with Gasteiger partial charge in [-0.1, -0.05) is 12.1 Å². The lowest BCUT2D eigenvalue weighted by molar-refractivity contribution is 0.247. The summed E-state index contributed by atoms with van der Waals surface area (Å²) in [7, 11) is 1.80. The van der Waals surface area contributed by atoms with Gasteiger partial charge < -0.3 is 9.84 Å². The van der Waals surface area contributed by atoms with Crippen LogP contribution in [0.25, 0.3) is 0 Å². The maximum absolute atomic E-state index is 13.7. The predicted octanol–water partition coefficient (Wildman–Crippen LogP) is 2.70. The second-order valence-corrected chi connectivity index (χ2v) is 4.94. The van der Waals surface area contributed by atoms with E-state index in [-0.39, 0.29) is 19.0 Å². The molecule has 6 heteroatoms. The summed E-state index contributed by atoms with van der Waals surface area (Å²) in [5, 5.41) is 13.4. The van der Waals surface area contributed by atoms with E-state index in [1.54, 1.807) is 17.8 Å². The van der Waals surface area contributed by atoms with Crippen LogP contribution in [0.1, 0.15) is 17.0 Å². The molecule has 2 rings (SSSR count). The van der Waals surface area contributed by atoms with Crippen molar-refractivity contribution in [3.63, 3.8) is 0 Å². The third kappa shape index (κ3) is 2.79. The summed E-state index contributed by atoms with van der Waals surface area (Å²) in [6.07, 6.45) is 0. The largest absolute Gasteiger partial charge is 0.484 e. The number of aryl methyl sites for hydroxylation is 2. The smallest absolute Gasteiger partial charge is 0.165 e. The molecular formula is C13H14BrFN2O2. The SMILES string of the molecule is Cc1nn(C)c(COc2c(F)cccc2CO)c1Br. The van der Waals surface area contributed by atoms with Crippen LogP contribution in [-0.2, 0) is 20.3 Å². The molecule has 4 nitrogen and oxygen atoms in total. The molecule has 0 aliphatic rings. The summed E-state index contributed by atoms with van der Waals surface area (Å²) in [5.74, 6) is -0.405. The van der Waals surface area contributed by atoms with Gasteiger partial charge in [-0.25, -0.2) is 4.39 Å². The summed E-state index contributed by atoms with van der Waals surface area (Å²) >= 11 is 3.42. The molecule has 0 spiro atoms. The Bertz CT molecular complexity index is 599. The molecule has 0 radical (unpaired) electrons. The Labute approximate surface area is 118 Å². The number of halogens is 2. The van der Waals surface area contributed by atoms with Crippen molar-refractivity contribution in [2.24, 2.45) is 7.05 Å². The van der Waals surface area contributed by atoms with Gasteiger partial charge in [0, 0.05) is 12.6 Å². The van der Waals surface area contributed by atoms with Crippen LogP contribution >= 0.6 is 15.9 Å². The number of rotatable bonds is 4. The summed E-state index contributed by atoms with van der Waals surface area (Å²) in [6, 6.07) is 4.47. The van der Waals surface area contributed by atoms with Gasteiger partial charge in [0.15, 0.2) is 11.6 Å². The number of benzene rings is 1. The van der Waals surface area contributed by atoms with Crippen molar-refractivity contribution in [1.29, 1.82) is 0 Å². The number of ether oxygens (including phenoxy) is 1. The highest BCUT2D eigenvalue weighted by Gasteiger charge is 2.14. The van der Waals surface area contributed by atoms with Gasteiger partial charge in [0.25, 0.3) is 0 Å². The highest BCUT2D eigenvalue weighted by molar-refractivity contribution is 9.10. The fourth-order valence-electron chi connectivity index (χ4n) is 1.82. The van der Waals surface area contributed by atoms with E-state index in [4.69, 9.17) is 4.74 Å². The van der Waals surface area contributed by atoms with Crippen LogP contribution < -0.4 is 4.74 Å². The number of hydrogen-bond donors (Lipinski definition) is 1. The Morgan fingerprint density at radius 3 is 2.79 bits per heavy atom. The molecule has 0 unspecified atom stereocenters. The van der Waals surface area contributed by atoms with E-state index >= 15 is 0 Å². The molecule has 0 saturated heterocycles. The van der Waals surface area contributed by atoms with Crippen LogP contribution in [0, 0.1) is 12.7 Å². The third-order valence-electron chi connectivity index (χ3n) is 2.83. The normalized spacial score (nSPS) is 10.8. The van der Waals surface area contributed by atoms with E-state index < -0.39 is 5.82 Å². The Morgan fingerprint density at radius 2 is 2.21 bits per heavy atom. The van der Waals surface area contributed by atoms with Gasteiger partial charge >= 0.3 is 0 Å². The van der Waals surface area contributed by atoms with Gasteiger partial charge in [-0.15, -0.1) is 0 Å². The first kappa shape index (κ1) is 14.0. The molecule has 0 aliphatic carbocycles. The maximum Gasteiger partial charge on any atom is 0.165 e. The molecule has 0 bridgehead atoms. The van der Waals surface area contributed by atoms with Crippen molar-refractivity contribution in [2.75, 3.05) is 0 Å². The van der Waals surface area contributed by atoms with Gasteiger partial charge in [-0.2, -0.15) is 5.10 Å². The minimum atomic E-state index is -0.485. The van der Waals surface area contributed by atoms with Crippen molar-refractivity contribution >= 4 is 15.9 Å². The third-order valence-corrected chi connectivity index (χ3v) is 3.87. The molecule has 1 aromatic heterocycles. The van der Waals surface area contributed by atoms with Crippen LogP contribution in [0.5, 0.6) is 5.75 Å². The Kier molecular flexibility index (Phi) is 4.21. The van der Waals surface area contributed by atoms with E-state index in [0.29, 0.717) is 5.56 Å². The predicted molar refractivity (Wildman–Crippen MR) is 72.3 cm³/mol. The van der Waals surface area contributed by atoms with Gasteiger partial charge in [0.1, 0.15) is 6.61 Å².